The van der Waals surface area contributed by atoms with Crippen LogP contribution in [-0.2, 0) is 15.0 Å². The predicted octanol–water partition coefficient (Wildman–Crippen LogP) is 3.24. The molecule has 114 valence electrons. The molecule has 1 aliphatic rings. The second-order valence-electron chi connectivity index (χ2n) is 6.32. The Hall–Kier alpha value is -1.36. The summed E-state index contributed by atoms with van der Waals surface area (Å²) in [5.41, 5.74) is 0.0824. The van der Waals surface area contributed by atoms with Gasteiger partial charge < -0.3 is 10.4 Å². The highest BCUT2D eigenvalue weighted by molar-refractivity contribution is 9.10. The first-order valence-electron chi connectivity index (χ1n) is 7.06. The summed E-state index contributed by atoms with van der Waals surface area (Å²) < 4.78 is 0.990. The topological polar surface area (TPSA) is 66.4 Å². The van der Waals surface area contributed by atoms with Gasteiger partial charge in [-0.05, 0) is 50.8 Å². The van der Waals surface area contributed by atoms with Gasteiger partial charge in [0.05, 0.1) is 5.41 Å². The van der Waals surface area contributed by atoms with Crippen molar-refractivity contribution in [1.82, 2.24) is 5.32 Å². The van der Waals surface area contributed by atoms with E-state index in [4.69, 9.17) is 5.11 Å². The minimum absolute atomic E-state index is 0.000196. The molecule has 21 heavy (non-hydrogen) atoms. The monoisotopic (exact) mass is 353 g/mol. The van der Waals surface area contributed by atoms with Crippen LogP contribution in [-0.4, -0.2) is 22.5 Å². The number of carbonyl (C=O) groups is 2. The van der Waals surface area contributed by atoms with Crippen molar-refractivity contribution < 1.29 is 14.7 Å². The van der Waals surface area contributed by atoms with Gasteiger partial charge in [0.1, 0.15) is 0 Å². The molecule has 1 aromatic rings. The van der Waals surface area contributed by atoms with Gasteiger partial charge in [0.15, 0.2) is 0 Å². The average Bonchev–Trinajstić information content (AvgIpc) is 3.18. The first kappa shape index (κ1) is 16.0. The molecule has 1 fully saturated rings. The highest BCUT2D eigenvalue weighted by atomic mass is 79.9. The number of carboxylic acid groups (broad SMARTS) is 1. The van der Waals surface area contributed by atoms with Crippen LogP contribution in [0.25, 0.3) is 0 Å². The SMILES string of the molecule is CC(C)(CCC(=O)O)NC(=O)C1(c2ccc(Br)cc2)CC1. The Bertz CT molecular complexity index is 547. The second-order valence-corrected chi connectivity index (χ2v) is 7.24. The molecule has 1 saturated carbocycles. The lowest BCUT2D eigenvalue weighted by Gasteiger charge is -2.28. The Morgan fingerprint density at radius 3 is 2.33 bits per heavy atom. The van der Waals surface area contributed by atoms with Gasteiger partial charge in [0.2, 0.25) is 5.91 Å². The third-order valence-corrected chi connectivity index (χ3v) is 4.53. The van der Waals surface area contributed by atoms with Gasteiger partial charge in [0.25, 0.3) is 0 Å². The van der Waals surface area contributed by atoms with Crippen LogP contribution in [0, 0.1) is 0 Å². The number of benzene rings is 1. The van der Waals surface area contributed by atoms with Gasteiger partial charge in [-0.15, -0.1) is 0 Å². The lowest BCUT2D eigenvalue weighted by molar-refractivity contribution is -0.138. The van der Waals surface area contributed by atoms with Gasteiger partial charge in [-0.1, -0.05) is 28.1 Å². The minimum Gasteiger partial charge on any atom is -0.481 e. The van der Waals surface area contributed by atoms with Crippen molar-refractivity contribution in [1.29, 1.82) is 0 Å². The zero-order chi connectivity index (χ0) is 15.7. The predicted molar refractivity (Wildman–Crippen MR) is 84.1 cm³/mol. The maximum absolute atomic E-state index is 12.6. The average molecular weight is 354 g/mol. The van der Waals surface area contributed by atoms with E-state index in [0.29, 0.717) is 6.42 Å². The van der Waals surface area contributed by atoms with Crippen molar-refractivity contribution in [2.45, 2.75) is 50.5 Å². The summed E-state index contributed by atoms with van der Waals surface area (Å²) >= 11 is 3.40. The van der Waals surface area contributed by atoms with Crippen LogP contribution in [0.4, 0.5) is 0 Å². The van der Waals surface area contributed by atoms with Gasteiger partial charge in [-0.25, -0.2) is 0 Å². The highest BCUT2D eigenvalue weighted by Crippen LogP contribution is 2.48. The number of amides is 1. The molecule has 2 N–H and O–H groups in total. The molecule has 2 rings (SSSR count). The number of carbonyl (C=O) groups excluding carboxylic acids is 1. The Labute approximate surface area is 133 Å². The molecule has 0 heterocycles. The first-order valence-corrected chi connectivity index (χ1v) is 7.85. The van der Waals surface area contributed by atoms with Crippen molar-refractivity contribution in [3.8, 4) is 0 Å². The summed E-state index contributed by atoms with van der Waals surface area (Å²) in [5, 5.41) is 11.8. The summed E-state index contributed by atoms with van der Waals surface area (Å²) in [6.07, 6.45) is 2.16. The lowest BCUT2D eigenvalue weighted by Crippen LogP contribution is -2.48. The molecule has 0 radical (unpaired) electrons. The summed E-state index contributed by atoms with van der Waals surface area (Å²) in [6.45, 7) is 3.73. The third-order valence-electron chi connectivity index (χ3n) is 4.00. The van der Waals surface area contributed by atoms with Gasteiger partial charge in [-0.2, -0.15) is 0 Å². The van der Waals surface area contributed by atoms with Crippen LogP contribution in [0.5, 0.6) is 0 Å². The van der Waals surface area contributed by atoms with Gasteiger partial charge in [0, 0.05) is 16.4 Å². The molecule has 0 unspecified atom stereocenters. The van der Waals surface area contributed by atoms with Crippen molar-refractivity contribution >= 4 is 27.8 Å². The van der Waals surface area contributed by atoms with E-state index in [-0.39, 0.29) is 12.3 Å². The molecule has 0 atom stereocenters. The number of carboxylic acids is 1. The second kappa shape index (κ2) is 5.79. The molecule has 0 spiro atoms. The van der Waals surface area contributed by atoms with Gasteiger partial charge >= 0.3 is 5.97 Å². The van der Waals surface area contributed by atoms with E-state index >= 15 is 0 Å². The van der Waals surface area contributed by atoms with E-state index < -0.39 is 16.9 Å². The maximum Gasteiger partial charge on any atom is 0.303 e. The van der Waals surface area contributed by atoms with Crippen molar-refractivity contribution in [3.63, 3.8) is 0 Å². The normalized spacial score (nSPS) is 16.3. The Kier molecular flexibility index (Phi) is 4.42. The number of halogens is 1. The summed E-state index contributed by atoms with van der Waals surface area (Å²) in [4.78, 5) is 23.3. The van der Waals surface area contributed by atoms with Crippen LogP contribution >= 0.6 is 15.9 Å². The minimum atomic E-state index is -0.841. The van der Waals surface area contributed by atoms with Crippen molar-refractivity contribution in [2.24, 2.45) is 0 Å². The molecule has 0 aromatic heterocycles. The number of hydrogen-bond acceptors (Lipinski definition) is 2. The fraction of sp³-hybridized carbons (Fsp3) is 0.500. The number of aliphatic carboxylic acids is 1. The largest absolute Gasteiger partial charge is 0.481 e. The van der Waals surface area contributed by atoms with E-state index in [9.17, 15) is 9.59 Å². The quantitative estimate of drug-likeness (QED) is 0.824. The van der Waals surface area contributed by atoms with Crippen LogP contribution in [0.1, 0.15) is 45.1 Å². The first-order chi connectivity index (χ1) is 9.75. The van der Waals surface area contributed by atoms with E-state index in [1.165, 1.54) is 0 Å². The molecule has 0 bridgehead atoms. The fourth-order valence-electron chi connectivity index (χ4n) is 2.45. The third kappa shape index (κ3) is 3.84. The molecule has 5 heteroatoms. The molecular weight excluding hydrogens is 334 g/mol. The smallest absolute Gasteiger partial charge is 0.303 e. The van der Waals surface area contributed by atoms with Crippen LogP contribution in [0.3, 0.4) is 0 Å². The molecule has 4 nitrogen and oxygen atoms in total. The van der Waals surface area contributed by atoms with Crippen LogP contribution in [0.15, 0.2) is 28.7 Å². The zero-order valence-electron chi connectivity index (χ0n) is 12.3. The molecule has 1 amide bonds. The number of hydrogen-bond donors (Lipinski definition) is 2. The van der Waals surface area contributed by atoms with Crippen molar-refractivity contribution in [2.75, 3.05) is 0 Å². The Morgan fingerprint density at radius 2 is 1.86 bits per heavy atom. The van der Waals surface area contributed by atoms with E-state index in [1.807, 2.05) is 38.1 Å². The summed E-state index contributed by atoms with van der Waals surface area (Å²) in [6, 6.07) is 7.83. The molecular formula is C16H20BrNO3. The molecule has 1 aliphatic carbocycles. The molecule has 1 aromatic carbocycles. The maximum atomic E-state index is 12.6. The Balaban J connectivity index is 2.06. The van der Waals surface area contributed by atoms with E-state index in [2.05, 4.69) is 21.2 Å². The van der Waals surface area contributed by atoms with E-state index in [1.54, 1.807) is 0 Å². The van der Waals surface area contributed by atoms with Crippen LogP contribution < -0.4 is 5.32 Å². The van der Waals surface area contributed by atoms with E-state index in [0.717, 1.165) is 22.9 Å². The fourth-order valence-corrected chi connectivity index (χ4v) is 2.71. The molecule has 0 saturated heterocycles. The lowest BCUT2D eigenvalue weighted by atomic mass is 9.92. The Morgan fingerprint density at radius 1 is 1.29 bits per heavy atom. The number of nitrogens with one attached hydrogen (secondary N) is 1. The van der Waals surface area contributed by atoms with Gasteiger partial charge in [-0.3, -0.25) is 9.59 Å². The zero-order valence-corrected chi connectivity index (χ0v) is 13.9. The number of rotatable bonds is 6. The standard InChI is InChI=1S/C16H20BrNO3/c1-15(2,8-7-13(19)20)18-14(21)16(9-10-16)11-3-5-12(17)6-4-11/h3-6H,7-10H2,1-2H3,(H,18,21)(H,19,20). The summed E-state index contributed by atoms with van der Waals surface area (Å²) in [5.74, 6) is -0.841. The van der Waals surface area contributed by atoms with Crippen molar-refractivity contribution in [3.05, 3.63) is 34.3 Å². The molecule has 0 aliphatic heterocycles. The van der Waals surface area contributed by atoms with Crippen LogP contribution in [0.2, 0.25) is 0 Å². The highest BCUT2D eigenvalue weighted by Gasteiger charge is 2.52. The summed E-state index contributed by atoms with van der Waals surface area (Å²) in [7, 11) is 0.